The summed E-state index contributed by atoms with van der Waals surface area (Å²) in [5, 5.41) is 13.6. The van der Waals surface area contributed by atoms with Crippen LogP contribution in [0.2, 0.25) is 0 Å². The van der Waals surface area contributed by atoms with Crippen LogP contribution in [0.3, 0.4) is 0 Å². The molecule has 0 saturated heterocycles. The van der Waals surface area contributed by atoms with Gasteiger partial charge in [-0.2, -0.15) is 0 Å². The Kier molecular flexibility index (Phi) is 4.69. The Morgan fingerprint density at radius 3 is 2.83 bits per heavy atom. The van der Waals surface area contributed by atoms with Gasteiger partial charge >= 0.3 is 0 Å². The molecule has 2 rings (SSSR count). The van der Waals surface area contributed by atoms with Gasteiger partial charge in [0.1, 0.15) is 10.0 Å². The van der Waals surface area contributed by atoms with Crippen LogP contribution in [0.1, 0.15) is 74.3 Å². The van der Waals surface area contributed by atoms with Crippen LogP contribution in [-0.2, 0) is 4.79 Å². The minimum Gasteiger partial charge on any atom is -0.347 e. The number of nitrogens with zero attached hydrogens (tertiary/aromatic N) is 2. The van der Waals surface area contributed by atoms with Crippen molar-refractivity contribution in [3.05, 3.63) is 10.0 Å². The summed E-state index contributed by atoms with van der Waals surface area (Å²) < 4.78 is 0. The molecule has 1 atom stereocenters. The molecule has 0 aliphatic heterocycles. The molecule has 100 valence electrons. The zero-order valence-electron chi connectivity index (χ0n) is 11.1. The predicted octanol–water partition coefficient (Wildman–Crippen LogP) is 3.17. The van der Waals surface area contributed by atoms with Gasteiger partial charge in [0.2, 0.25) is 5.91 Å². The first-order valence-corrected chi connectivity index (χ1v) is 7.62. The highest BCUT2D eigenvalue weighted by atomic mass is 32.1. The molecule has 1 aromatic rings. The molecule has 0 unspecified atom stereocenters. The highest BCUT2D eigenvalue weighted by Crippen LogP contribution is 2.42. The molecule has 4 nitrogen and oxygen atoms in total. The van der Waals surface area contributed by atoms with Crippen molar-refractivity contribution in [3.63, 3.8) is 0 Å². The highest BCUT2D eigenvalue weighted by Gasteiger charge is 2.28. The van der Waals surface area contributed by atoms with Crippen molar-refractivity contribution in [2.24, 2.45) is 0 Å². The molecule has 1 aliphatic carbocycles. The van der Waals surface area contributed by atoms with Crippen molar-refractivity contribution in [1.82, 2.24) is 15.5 Å². The van der Waals surface area contributed by atoms with Gasteiger partial charge in [-0.3, -0.25) is 4.79 Å². The van der Waals surface area contributed by atoms with E-state index >= 15 is 0 Å². The summed E-state index contributed by atoms with van der Waals surface area (Å²) in [7, 11) is 0. The van der Waals surface area contributed by atoms with E-state index in [1.165, 1.54) is 25.7 Å². The third kappa shape index (κ3) is 3.77. The number of hydrogen-bond acceptors (Lipinski definition) is 4. The van der Waals surface area contributed by atoms with Crippen LogP contribution in [-0.4, -0.2) is 16.1 Å². The van der Waals surface area contributed by atoms with E-state index in [0.29, 0.717) is 5.92 Å². The lowest BCUT2D eigenvalue weighted by Gasteiger charge is -2.14. The first-order chi connectivity index (χ1) is 8.70. The lowest BCUT2D eigenvalue weighted by Crippen LogP contribution is -2.25. The summed E-state index contributed by atoms with van der Waals surface area (Å²) in [6.07, 6.45) is 6.97. The summed E-state index contributed by atoms with van der Waals surface area (Å²) in [4.78, 5) is 11.3. The first kappa shape index (κ1) is 13.5. The number of unbranched alkanes of at least 4 members (excludes halogenated alkanes) is 2. The molecule has 1 N–H and O–H groups in total. The normalized spacial score (nSPS) is 16.6. The molecule has 1 saturated carbocycles. The Balaban J connectivity index is 1.98. The standard InChI is InChI=1S/C13H21N3OS/c1-3-4-5-6-11(14-9(2)17)13-16-15-12(18-13)10-7-8-10/h10-11H,3-8H2,1-2H3,(H,14,17)/t11-/m0/s1. The Morgan fingerprint density at radius 1 is 1.44 bits per heavy atom. The number of rotatable bonds is 7. The third-order valence-corrected chi connectivity index (χ3v) is 4.35. The molecule has 0 spiro atoms. The predicted molar refractivity (Wildman–Crippen MR) is 72.6 cm³/mol. The monoisotopic (exact) mass is 267 g/mol. The fourth-order valence-corrected chi connectivity index (χ4v) is 3.08. The van der Waals surface area contributed by atoms with Gasteiger partial charge in [-0.05, 0) is 19.3 Å². The van der Waals surface area contributed by atoms with Gasteiger partial charge in [-0.25, -0.2) is 0 Å². The minimum atomic E-state index is 0.0136. The van der Waals surface area contributed by atoms with Crippen LogP contribution in [0.5, 0.6) is 0 Å². The topological polar surface area (TPSA) is 54.9 Å². The van der Waals surface area contributed by atoms with E-state index in [9.17, 15) is 4.79 Å². The van der Waals surface area contributed by atoms with Crippen molar-refractivity contribution >= 4 is 17.2 Å². The first-order valence-electron chi connectivity index (χ1n) is 6.81. The Hall–Kier alpha value is -0.970. The fourth-order valence-electron chi connectivity index (χ4n) is 1.98. The number of nitrogens with one attached hydrogen (secondary N) is 1. The van der Waals surface area contributed by atoms with Crippen LogP contribution < -0.4 is 5.32 Å². The Morgan fingerprint density at radius 2 is 2.22 bits per heavy atom. The lowest BCUT2D eigenvalue weighted by molar-refractivity contribution is -0.119. The van der Waals surface area contributed by atoms with Crippen molar-refractivity contribution in [1.29, 1.82) is 0 Å². The summed E-state index contributed by atoms with van der Waals surface area (Å²) in [5.41, 5.74) is 0. The summed E-state index contributed by atoms with van der Waals surface area (Å²) in [5.74, 6) is 0.657. The number of aromatic nitrogens is 2. The quantitative estimate of drug-likeness (QED) is 0.772. The van der Waals surface area contributed by atoms with Crippen LogP contribution in [0.4, 0.5) is 0 Å². The molecule has 1 heterocycles. The van der Waals surface area contributed by atoms with Crippen LogP contribution >= 0.6 is 11.3 Å². The van der Waals surface area contributed by atoms with E-state index in [1.54, 1.807) is 18.3 Å². The van der Waals surface area contributed by atoms with Gasteiger partial charge in [-0.15, -0.1) is 10.2 Å². The fraction of sp³-hybridized carbons (Fsp3) is 0.769. The number of carbonyl (C=O) groups excluding carboxylic acids is 1. The average molecular weight is 267 g/mol. The van der Waals surface area contributed by atoms with Crippen LogP contribution in [0.25, 0.3) is 0 Å². The van der Waals surface area contributed by atoms with Gasteiger partial charge in [0.15, 0.2) is 0 Å². The molecule has 0 aromatic carbocycles. The molecule has 1 fully saturated rings. The van der Waals surface area contributed by atoms with Crippen LogP contribution in [0, 0.1) is 0 Å². The number of carbonyl (C=O) groups is 1. The van der Waals surface area contributed by atoms with Crippen molar-refractivity contribution in [2.45, 2.75) is 64.3 Å². The maximum Gasteiger partial charge on any atom is 0.217 e. The van der Waals surface area contributed by atoms with Crippen molar-refractivity contribution < 1.29 is 4.79 Å². The zero-order valence-corrected chi connectivity index (χ0v) is 11.9. The SMILES string of the molecule is CCCCC[C@H](NC(C)=O)c1nnc(C2CC2)s1. The summed E-state index contributed by atoms with van der Waals surface area (Å²) in [6, 6.07) is 0.0547. The second-order valence-corrected chi connectivity index (χ2v) is 6.04. The van der Waals surface area contributed by atoms with E-state index in [2.05, 4.69) is 22.4 Å². The molecule has 1 aliphatic rings. The van der Waals surface area contributed by atoms with Gasteiger partial charge in [-0.1, -0.05) is 37.5 Å². The summed E-state index contributed by atoms with van der Waals surface area (Å²) in [6.45, 7) is 3.75. The van der Waals surface area contributed by atoms with E-state index in [1.807, 2.05) is 0 Å². The van der Waals surface area contributed by atoms with Gasteiger partial charge in [0, 0.05) is 12.8 Å². The van der Waals surface area contributed by atoms with E-state index in [0.717, 1.165) is 22.9 Å². The van der Waals surface area contributed by atoms with E-state index < -0.39 is 0 Å². The van der Waals surface area contributed by atoms with E-state index in [4.69, 9.17) is 0 Å². The minimum absolute atomic E-state index is 0.0136. The largest absolute Gasteiger partial charge is 0.347 e. The average Bonchev–Trinajstić information content (AvgIpc) is 3.06. The second-order valence-electron chi connectivity index (χ2n) is 5.00. The molecule has 1 amide bonds. The molecule has 0 radical (unpaired) electrons. The number of amides is 1. The summed E-state index contributed by atoms with van der Waals surface area (Å²) >= 11 is 1.67. The van der Waals surface area contributed by atoms with Crippen molar-refractivity contribution in [3.8, 4) is 0 Å². The van der Waals surface area contributed by atoms with Crippen molar-refractivity contribution in [2.75, 3.05) is 0 Å². The Bertz CT molecular complexity index is 401. The molecular weight excluding hydrogens is 246 g/mol. The van der Waals surface area contributed by atoms with Gasteiger partial charge < -0.3 is 5.32 Å². The molecular formula is C13H21N3OS. The zero-order chi connectivity index (χ0) is 13.0. The molecule has 1 aromatic heterocycles. The lowest BCUT2D eigenvalue weighted by atomic mass is 10.1. The number of hydrogen-bond donors (Lipinski definition) is 1. The smallest absolute Gasteiger partial charge is 0.217 e. The van der Waals surface area contributed by atoms with E-state index in [-0.39, 0.29) is 11.9 Å². The highest BCUT2D eigenvalue weighted by molar-refractivity contribution is 7.11. The molecule has 0 bridgehead atoms. The van der Waals surface area contributed by atoms with Gasteiger partial charge in [0.25, 0.3) is 0 Å². The Labute approximate surface area is 112 Å². The molecule has 5 heteroatoms. The molecule has 18 heavy (non-hydrogen) atoms. The van der Waals surface area contributed by atoms with Crippen LogP contribution in [0.15, 0.2) is 0 Å². The maximum absolute atomic E-state index is 11.3. The van der Waals surface area contributed by atoms with Gasteiger partial charge in [0.05, 0.1) is 6.04 Å². The third-order valence-electron chi connectivity index (χ3n) is 3.15. The second kappa shape index (κ2) is 6.27. The maximum atomic E-state index is 11.3.